The van der Waals surface area contributed by atoms with Crippen molar-refractivity contribution in [2.75, 3.05) is 0 Å². The van der Waals surface area contributed by atoms with Crippen LogP contribution in [-0.2, 0) is 6.61 Å². The molecular weight excluding hydrogens is 129 g/mol. The Morgan fingerprint density at radius 2 is 2.22 bits per heavy atom. The second kappa shape index (κ2) is 4.51. The normalized spacial score (nSPS) is 8.11. The summed E-state index contributed by atoms with van der Waals surface area (Å²) in [6.45, 7) is 0.0286. The minimum Gasteiger partial charge on any atom is -0.390 e. The van der Waals surface area contributed by atoms with Crippen molar-refractivity contribution in [3.05, 3.63) is 30.1 Å². The zero-order valence-electron chi connectivity index (χ0n) is 4.99. The number of pyridine rings is 1. The zero-order valence-corrected chi connectivity index (χ0v) is 6.14. The number of aliphatic hydroxyl groups excluding tert-OH is 1. The third-order valence-electron chi connectivity index (χ3n) is 0.888. The van der Waals surface area contributed by atoms with E-state index in [4.69, 9.17) is 5.11 Å². The van der Waals surface area contributed by atoms with Crippen molar-refractivity contribution in [2.24, 2.45) is 0 Å². The fourth-order valence-corrected chi connectivity index (χ4v) is 0.492. The Hall–Kier alpha value is -0.358. The number of aliphatic hydroxyl groups is 1. The van der Waals surface area contributed by atoms with Gasteiger partial charge in [-0.05, 0) is 12.1 Å². The summed E-state index contributed by atoms with van der Waals surface area (Å²) in [6, 6.07) is 5.44. The quantitative estimate of drug-likeness (QED) is 0.559. The van der Waals surface area contributed by atoms with E-state index in [1.54, 1.807) is 12.3 Å². The van der Waals surface area contributed by atoms with E-state index in [2.05, 4.69) is 4.98 Å². The fourth-order valence-electron chi connectivity index (χ4n) is 0.492. The van der Waals surface area contributed by atoms with Crippen molar-refractivity contribution in [1.82, 2.24) is 4.98 Å². The van der Waals surface area contributed by atoms with Crippen LogP contribution in [0.4, 0.5) is 0 Å². The van der Waals surface area contributed by atoms with E-state index < -0.39 is 0 Å². The van der Waals surface area contributed by atoms with Crippen LogP contribution in [0.2, 0.25) is 0 Å². The molecule has 0 aliphatic rings. The van der Waals surface area contributed by atoms with Crippen molar-refractivity contribution in [1.29, 1.82) is 0 Å². The highest BCUT2D eigenvalue weighted by atomic mass is 27.0. The second-order valence-electron chi connectivity index (χ2n) is 1.48. The summed E-state index contributed by atoms with van der Waals surface area (Å²) in [6.07, 6.45) is 1.66. The number of aromatic nitrogens is 1. The highest BCUT2D eigenvalue weighted by molar-refractivity contribution is 5.75. The molecule has 0 saturated carbocycles. The van der Waals surface area contributed by atoms with Gasteiger partial charge in [0.2, 0.25) is 0 Å². The predicted octanol–water partition coefficient (Wildman–Crippen LogP) is 0.193. The molecule has 1 aromatic heterocycles. The van der Waals surface area contributed by atoms with Crippen LogP contribution in [0.1, 0.15) is 5.69 Å². The molecule has 1 rings (SSSR count). The number of hydrogen-bond acceptors (Lipinski definition) is 2. The molecule has 9 heavy (non-hydrogen) atoms. The maximum absolute atomic E-state index is 8.48. The standard InChI is InChI=1S/C6H7NO.Al/c8-5-6-3-1-2-4-7-6;/h1-4,8H,5H2;. The Bertz CT molecular complexity index is 154. The highest BCUT2D eigenvalue weighted by Gasteiger charge is 1.82. The maximum Gasteiger partial charge on any atom is 0.0852 e. The summed E-state index contributed by atoms with van der Waals surface area (Å²) in [5.74, 6) is 0. The van der Waals surface area contributed by atoms with Gasteiger partial charge < -0.3 is 5.11 Å². The van der Waals surface area contributed by atoms with Crippen LogP contribution in [-0.4, -0.2) is 27.5 Å². The Balaban J connectivity index is 0.000000640. The van der Waals surface area contributed by atoms with Crippen LogP contribution in [0.15, 0.2) is 24.4 Å². The van der Waals surface area contributed by atoms with Gasteiger partial charge in [0, 0.05) is 23.6 Å². The molecule has 3 radical (unpaired) electrons. The zero-order chi connectivity index (χ0) is 5.82. The third-order valence-corrected chi connectivity index (χ3v) is 0.888. The second-order valence-corrected chi connectivity index (χ2v) is 1.48. The summed E-state index contributed by atoms with van der Waals surface area (Å²) in [7, 11) is 0. The van der Waals surface area contributed by atoms with Gasteiger partial charge in [-0.25, -0.2) is 0 Å². The molecule has 0 unspecified atom stereocenters. The van der Waals surface area contributed by atoms with Crippen LogP contribution in [0.25, 0.3) is 0 Å². The van der Waals surface area contributed by atoms with Gasteiger partial charge in [-0.1, -0.05) is 6.07 Å². The van der Waals surface area contributed by atoms with Gasteiger partial charge in [0.1, 0.15) is 0 Å². The first-order chi connectivity index (χ1) is 3.93. The van der Waals surface area contributed by atoms with Gasteiger partial charge in [-0.15, -0.1) is 0 Å². The summed E-state index contributed by atoms with van der Waals surface area (Å²) in [4.78, 5) is 3.85. The lowest BCUT2D eigenvalue weighted by Gasteiger charge is -1.88. The van der Waals surface area contributed by atoms with Crippen molar-refractivity contribution in [3.63, 3.8) is 0 Å². The first-order valence-electron chi connectivity index (χ1n) is 2.44. The van der Waals surface area contributed by atoms with E-state index in [0.29, 0.717) is 5.69 Å². The monoisotopic (exact) mass is 136 g/mol. The lowest BCUT2D eigenvalue weighted by Crippen LogP contribution is -1.84. The molecule has 0 spiro atoms. The average molecular weight is 136 g/mol. The van der Waals surface area contributed by atoms with Crippen LogP contribution in [0.5, 0.6) is 0 Å². The van der Waals surface area contributed by atoms with Crippen LogP contribution in [0, 0.1) is 0 Å². The molecule has 0 aliphatic carbocycles. The molecule has 1 N–H and O–H groups in total. The lowest BCUT2D eigenvalue weighted by atomic mass is 10.4. The lowest BCUT2D eigenvalue weighted by molar-refractivity contribution is 0.277. The van der Waals surface area contributed by atoms with Crippen LogP contribution >= 0.6 is 0 Å². The maximum atomic E-state index is 8.48. The number of rotatable bonds is 1. The summed E-state index contributed by atoms with van der Waals surface area (Å²) < 4.78 is 0. The van der Waals surface area contributed by atoms with Crippen molar-refractivity contribution >= 4 is 17.4 Å². The van der Waals surface area contributed by atoms with Gasteiger partial charge in [0.05, 0.1) is 12.3 Å². The Kier molecular flexibility index (Phi) is 4.34. The van der Waals surface area contributed by atoms with E-state index in [9.17, 15) is 0 Å². The summed E-state index contributed by atoms with van der Waals surface area (Å²) in [5, 5.41) is 8.48. The minimum absolute atomic E-state index is 0. The molecule has 0 saturated heterocycles. The Labute approximate surface area is 64.7 Å². The van der Waals surface area contributed by atoms with Gasteiger partial charge in [0.15, 0.2) is 0 Å². The van der Waals surface area contributed by atoms with E-state index in [1.165, 1.54) is 0 Å². The van der Waals surface area contributed by atoms with Crippen LogP contribution < -0.4 is 0 Å². The Morgan fingerprint density at radius 3 is 2.56 bits per heavy atom. The first-order valence-corrected chi connectivity index (χ1v) is 2.44. The van der Waals surface area contributed by atoms with E-state index in [1.807, 2.05) is 12.1 Å². The Morgan fingerprint density at radius 1 is 1.44 bits per heavy atom. The van der Waals surface area contributed by atoms with Gasteiger partial charge in [-0.2, -0.15) is 0 Å². The molecule has 0 bridgehead atoms. The van der Waals surface area contributed by atoms with E-state index in [0.717, 1.165) is 0 Å². The third kappa shape index (κ3) is 2.62. The largest absolute Gasteiger partial charge is 0.390 e. The molecule has 1 aromatic rings. The predicted molar refractivity (Wildman–Crippen MR) is 35.9 cm³/mol. The molecule has 0 amide bonds. The molecule has 0 fully saturated rings. The molecular formula is C6H7AlNO. The van der Waals surface area contributed by atoms with E-state index >= 15 is 0 Å². The summed E-state index contributed by atoms with van der Waals surface area (Å²) in [5.41, 5.74) is 0.715. The number of nitrogens with zero attached hydrogens (tertiary/aromatic N) is 1. The average Bonchev–Trinajstić information content (AvgIpc) is 1.90. The van der Waals surface area contributed by atoms with Gasteiger partial charge in [-0.3, -0.25) is 4.98 Å². The minimum atomic E-state index is 0. The van der Waals surface area contributed by atoms with Crippen molar-refractivity contribution in [3.8, 4) is 0 Å². The smallest absolute Gasteiger partial charge is 0.0852 e. The van der Waals surface area contributed by atoms with Crippen molar-refractivity contribution < 1.29 is 5.11 Å². The SMILES string of the molecule is OCc1ccccn1.[Al]. The molecule has 2 nitrogen and oxygen atoms in total. The molecule has 1 heterocycles. The van der Waals surface area contributed by atoms with Crippen molar-refractivity contribution in [2.45, 2.75) is 6.61 Å². The highest BCUT2D eigenvalue weighted by Crippen LogP contribution is 1.89. The first kappa shape index (κ1) is 8.64. The fraction of sp³-hybridized carbons (Fsp3) is 0.167. The van der Waals surface area contributed by atoms with Crippen LogP contribution in [0.3, 0.4) is 0 Å². The molecule has 0 aliphatic heterocycles. The topological polar surface area (TPSA) is 33.1 Å². The van der Waals surface area contributed by atoms with Gasteiger partial charge >= 0.3 is 0 Å². The molecule has 3 heteroatoms. The van der Waals surface area contributed by atoms with Gasteiger partial charge in [0.25, 0.3) is 0 Å². The molecule has 0 atom stereocenters. The summed E-state index contributed by atoms with van der Waals surface area (Å²) >= 11 is 0. The van der Waals surface area contributed by atoms with E-state index in [-0.39, 0.29) is 24.0 Å². The molecule has 0 aromatic carbocycles. The molecule has 45 valence electrons. The number of hydrogen-bond donors (Lipinski definition) is 1.